The van der Waals surface area contributed by atoms with E-state index in [0.717, 1.165) is 55.0 Å². The van der Waals surface area contributed by atoms with E-state index in [4.69, 9.17) is 9.47 Å². The van der Waals surface area contributed by atoms with E-state index in [1.165, 1.54) is 0 Å². The summed E-state index contributed by atoms with van der Waals surface area (Å²) >= 11 is 0. The third kappa shape index (κ3) is 4.28. The average molecular weight is 370 g/mol. The number of anilines is 1. The highest BCUT2D eigenvalue weighted by molar-refractivity contribution is 5.93. The van der Waals surface area contributed by atoms with Crippen molar-refractivity contribution in [2.24, 2.45) is 4.99 Å². The molecule has 8 nitrogen and oxygen atoms in total. The van der Waals surface area contributed by atoms with E-state index in [0.29, 0.717) is 31.3 Å². The van der Waals surface area contributed by atoms with Crippen LogP contribution in [0.4, 0.5) is 5.95 Å². The highest BCUT2D eigenvalue weighted by Crippen LogP contribution is 2.23. The second-order valence-corrected chi connectivity index (χ2v) is 6.84. The van der Waals surface area contributed by atoms with Gasteiger partial charge in [-0.1, -0.05) is 0 Å². The van der Waals surface area contributed by atoms with Gasteiger partial charge < -0.3 is 14.8 Å². The average Bonchev–Trinajstić information content (AvgIpc) is 3.17. The van der Waals surface area contributed by atoms with E-state index in [1.807, 2.05) is 32.0 Å². The quantitative estimate of drug-likeness (QED) is 0.834. The van der Waals surface area contributed by atoms with Crippen LogP contribution in [0.5, 0.6) is 5.75 Å². The Balaban J connectivity index is 1.42. The topological polar surface area (TPSA) is 83.9 Å². The summed E-state index contributed by atoms with van der Waals surface area (Å²) in [5.41, 5.74) is 1.78. The van der Waals surface area contributed by atoms with Gasteiger partial charge >= 0.3 is 0 Å². The lowest BCUT2D eigenvalue weighted by Gasteiger charge is -2.28. The van der Waals surface area contributed by atoms with Crippen molar-refractivity contribution in [1.29, 1.82) is 0 Å². The largest absolute Gasteiger partial charge is 0.494 e. The zero-order chi connectivity index (χ0) is 18.6. The molecule has 3 heterocycles. The molecule has 2 N–H and O–H groups in total. The van der Waals surface area contributed by atoms with Gasteiger partial charge in [0, 0.05) is 18.5 Å². The molecule has 0 unspecified atom stereocenters. The van der Waals surface area contributed by atoms with Crippen molar-refractivity contribution in [3.63, 3.8) is 0 Å². The predicted molar refractivity (Wildman–Crippen MR) is 105 cm³/mol. The summed E-state index contributed by atoms with van der Waals surface area (Å²) in [5, 5.41) is 7.48. The summed E-state index contributed by atoms with van der Waals surface area (Å²) in [6.45, 7) is 7.75. The van der Waals surface area contributed by atoms with Crippen LogP contribution in [0, 0.1) is 6.92 Å². The van der Waals surface area contributed by atoms with Crippen molar-refractivity contribution in [3.8, 4) is 5.75 Å². The first kappa shape index (κ1) is 17.9. The van der Waals surface area contributed by atoms with Gasteiger partial charge in [-0.15, -0.1) is 0 Å². The number of fused-ring (bicyclic) bond motifs is 1. The van der Waals surface area contributed by atoms with Crippen molar-refractivity contribution in [3.05, 3.63) is 23.9 Å². The molecule has 0 saturated carbocycles. The van der Waals surface area contributed by atoms with Crippen LogP contribution in [0.1, 0.15) is 25.5 Å². The Hall–Kier alpha value is -2.45. The zero-order valence-corrected chi connectivity index (χ0v) is 15.9. The zero-order valence-electron chi connectivity index (χ0n) is 15.9. The molecule has 0 radical (unpaired) electrons. The molecule has 0 bridgehead atoms. The minimum Gasteiger partial charge on any atom is -0.494 e. The number of ether oxygens (including phenoxy) is 2. The van der Waals surface area contributed by atoms with Crippen molar-refractivity contribution in [2.45, 2.75) is 32.8 Å². The molecule has 0 aliphatic carbocycles. The van der Waals surface area contributed by atoms with E-state index >= 15 is 0 Å². The smallest absolute Gasteiger partial charge is 0.230 e. The van der Waals surface area contributed by atoms with Gasteiger partial charge in [0.2, 0.25) is 11.9 Å². The number of rotatable bonds is 5. The standard InChI is InChI=1S/C19H26N6O2/c1-3-26-14-6-7-17-16(9-14)13(2)22-19(23-17)24-18-20-11-25(12-21-18)10-15-5-4-8-27-15/h6-7,9,15H,3-5,8,10-12H2,1-2H3,(H2,20,21,22,23,24)/t15-/m0/s1. The first-order chi connectivity index (χ1) is 13.2. The molecule has 1 fully saturated rings. The Morgan fingerprint density at radius 3 is 3.04 bits per heavy atom. The fourth-order valence-corrected chi connectivity index (χ4v) is 3.42. The Bertz CT molecular complexity index is 834. The Morgan fingerprint density at radius 1 is 1.37 bits per heavy atom. The molecule has 0 spiro atoms. The summed E-state index contributed by atoms with van der Waals surface area (Å²) in [6.07, 6.45) is 2.64. The third-order valence-electron chi connectivity index (χ3n) is 4.78. The molecule has 2 aromatic rings. The van der Waals surface area contributed by atoms with Gasteiger partial charge in [0.25, 0.3) is 0 Å². The van der Waals surface area contributed by atoms with Gasteiger partial charge in [-0.25, -0.2) is 15.0 Å². The van der Waals surface area contributed by atoms with Crippen LogP contribution in [0.3, 0.4) is 0 Å². The number of benzene rings is 1. The molecule has 1 saturated heterocycles. The van der Waals surface area contributed by atoms with Gasteiger partial charge in [0.1, 0.15) is 5.75 Å². The predicted octanol–water partition coefficient (Wildman–Crippen LogP) is 2.10. The van der Waals surface area contributed by atoms with Crippen LogP contribution in [0.25, 0.3) is 10.9 Å². The molecule has 2 aliphatic rings. The van der Waals surface area contributed by atoms with Gasteiger partial charge in [-0.05, 0) is 44.9 Å². The van der Waals surface area contributed by atoms with Crippen LogP contribution in [0.2, 0.25) is 0 Å². The van der Waals surface area contributed by atoms with E-state index in [9.17, 15) is 0 Å². The molecule has 4 rings (SSSR count). The number of aryl methyl sites for hydroxylation is 1. The summed E-state index contributed by atoms with van der Waals surface area (Å²) in [5.74, 6) is 2.08. The van der Waals surface area contributed by atoms with Crippen molar-refractivity contribution in [2.75, 3.05) is 38.4 Å². The highest BCUT2D eigenvalue weighted by Gasteiger charge is 2.21. The Kier molecular flexibility index (Phi) is 5.35. The van der Waals surface area contributed by atoms with E-state index in [2.05, 4.69) is 30.5 Å². The SMILES string of the molecule is CCOc1ccc2nc(NC3=NCN(C[C@@H]4CCCO4)CN3)nc(C)c2c1. The van der Waals surface area contributed by atoms with Crippen LogP contribution in [-0.4, -0.2) is 60.0 Å². The summed E-state index contributed by atoms with van der Waals surface area (Å²) < 4.78 is 11.3. The van der Waals surface area contributed by atoms with Gasteiger partial charge in [-0.3, -0.25) is 10.2 Å². The highest BCUT2D eigenvalue weighted by atomic mass is 16.5. The molecular weight excluding hydrogens is 344 g/mol. The third-order valence-corrected chi connectivity index (χ3v) is 4.78. The number of nitrogens with zero attached hydrogens (tertiary/aromatic N) is 4. The maximum absolute atomic E-state index is 5.69. The fraction of sp³-hybridized carbons (Fsp3) is 0.526. The van der Waals surface area contributed by atoms with Crippen LogP contribution in [0.15, 0.2) is 23.2 Å². The monoisotopic (exact) mass is 370 g/mol. The minimum atomic E-state index is 0.338. The lowest BCUT2D eigenvalue weighted by atomic mass is 10.2. The summed E-state index contributed by atoms with van der Waals surface area (Å²) in [7, 11) is 0. The molecule has 8 heteroatoms. The Labute approximate surface area is 159 Å². The molecule has 144 valence electrons. The van der Waals surface area contributed by atoms with Gasteiger partial charge in [-0.2, -0.15) is 0 Å². The fourth-order valence-electron chi connectivity index (χ4n) is 3.42. The normalized spacial score (nSPS) is 20.4. The number of aromatic nitrogens is 2. The molecule has 2 aliphatic heterocycles. The molecule has 1 aromatic carbocycles. The summed E-state index contributed by atoms with van der Waals surface area (Å²) in [4.78, 5) is 16.0. The maximum atomic E-state index is 5.69. The number of aliphatic imine (C=N–C) groups is 1. The molecule has 27 heavy (non-hydrogen) atoms. The number of hydrogen-bond acceptors (Lipinski definition) is 8. The second-order valence-electron chi connectivity index (χ2n) is 6.84. The maximum Gasteiger partial charge on any atom is 0.230 e. The Morgan fingerprint density at radius 2 is 2.30 bits per heavy atom. The van der Waals surface area contributed by atoms with Gasteiger partial charge in [0.15, 0.2) is 0 Å². The number of nitrogens with one attached hydrogen (secondary N) is 2. The molecular formula is C19H26N6O2. The van der Waals surface area contributed by atoms with Gasteiger partial charge in [0.05, 0.1) is 37.3 Å². The first-order valence-corrected chi connectivity index (χ1v) is 9.52. The minimum absolute atomic E-state index is 0.338. The lowest BCUT2D eigenvalue weighted by Crippen LogP contribution is -2.48. The van der Waals surface area contributed by atoms with E-state index in [-0.39, 0.29) is 0 Å². The van der Waals surface area contributed by atoms with E-state index in [1.54, 1.807) is 0 Å². The number of guanidine groups is 1. The van der Waals surface area contributed by atoms with Crippen molar-refractivity contribution in [1.82, 2.24) is 20.2 Å². The van der Waals surface area contributed by atoms with Crippen LogP contribution >= 0.6 is 0 Å². The first-order valence-electron chi connectivity index (χ1n) is 9.52. The second kappa shape index (κ2) is 8.06. The van der Waals surface area contributed by atoms with Crippen molar-refractivity contribution >= 4 is 22.8 Å². The van der Waals surface area contributed by atoms with Crippen molar-refractivity contribution < 1.29 is 9.47 Å². The molecule has 1 atom stereocenters. The molecule has 1 aromatic heterocycles. The number of hydrogen-bond donors (Lipinski definition) is 2. The van der Waals surface area contributed by atoms with E-state index < -0.39 is 0 Å². The lowest BCUT2D eigenvalue weighted by molar-refractivity contribution is 0.0715. The summed E-state index contributed by atoms with van der Waals surface area (Å²) in [6, 6.07) is 5.87. The van der Waals surface area contributed by atoms with Crippen LogP contribution in [-0.2, 0) is 4.74 Å². The molecule has 0 amide bonds. The van der Waals surface area contributed by atoms with Crippen LogP contribution < -0.4 is 15.4 Å².